The summed E-state index contributed by atoms with van der Waals surface area (Å²) in [7, 11) is 0. The lowest BCUT2D eigenvalue weighted by atomic mass is 10.1. The molecular formula is C23H36N2O. The van der Waals surface area contributed by atoms with E-state index in [0.717, 1.165) is 19.4 Å². The molecule has 0 aliphatic rings. The average Bonchev–Trinajstić information content (AvgIpc) is 3.06. The molecule has 2 aromatic rings. The van der Waals surface area contributed by atoms with Gasteiger partial charge in [0.25, 0.3) is 0 Å². The fourth-order valence-electron chi connectivity index (χ4n) is 3.54. The number of aromatic nitrogens is 1. The number of fused-ring (bicyclic) bond motifs is 1. The zero-order valence-electron chi connectivity index (χ0n) is 16.5. The number of para-hydroxylation sites is 1. The second-order valence-corrected chi connectivity index (χ2v) is 7.39. The van der Waals surface area contributed by atoms with Gasteiger partial charge in [-0.15, -0.1) is 0 Å². The fraction of sp³-hybridized carbons (Fsp3) is 0.609. The molecule has 1 amide bonds. The number of carbonyl (C=O) groups excluding carboxylic acids is 1. The number of carbonyl (C=O) groups is 1. The number of aromatic amines is 1. The van der Waals surface area contributed by atoms with Crippen LogP contribution in [-0.2, 0) is 11.2 Å². The van der Waals surface area contributed by atoms with E-state index < -0.39 is 0 Å². The summed E-state index contributed by atoms with van der Waals surface area (Å²) in [6, 6.07) is 8.32. The molecule has 3 heteroatoms. The Morgan fingerprint density at radius 1 is 0.923 bits per heavy atom. The van der Waals surface area contributed by atoms with Gasteiger partial charge >= 0.3 is 0 Å². The number of unbranched alkanes of at least 4 members (excludes halogenated alkanes) is 9. The summed E-state index contributed by atoms with van der Waals surface area (Å²) < 4.78 is 0. The Balaban J connectivity index is 1.46. The molecular weight excluding hydrogens is 320 g/mol. The Bertz CT molecular complexity index is 632. The van der Waals surface area contributed by atoms with Gasteiger partial charge in [0, 0.05) is 30.1 Å². The summed E-state index contributed by atoms with van der Waals surface area (Å²) in [6.45, 7) is 2.98. The fourth-order valence-corrected chi connectivity index (χ4v) is 3.54. The highest BCUT2D eigenvalue weighted by molar-refractivity contribution is 5.83. The van der Waals surface area contributed by atoms with Gasteiger partial charge in [0.2, 0.25) is 5.91 Å². The van der Waals surface area contributed by atoms with Crippen molar-refractivity contribution in [3.05, 3.63) is 36.0 Å². The molecule has 0 radical (unpaired) electrons. The third-order valence-corrected chi connectivity index (χ3v) is 5.15. The predicted molar refractivity (Wildman–Crippen MR) is 111 cm³/mol. The quantitative estimate of drug-likeness (QED) is 0.392. The van der Waals surface area contributed by atoms with Crippen LogP contribution in [0, 0.1) is 0 Å². The first-order valence-corrected chi connectivity index (χ1v) is 10.6. The summed E-state index contributed by atoms with van der Waals surface area (Å²) >= 11 is 0. The molecule has 0 atom stereocenters. The van der Waals surface area contributed by atoms with Crippen molar-refractivity contribution in [1.82, 2.24) is 10.3 Å². The van der Waals surface area contributed by atoms with Crippen LogP contribution in [0.1, 0.15) is 83.1 Å². The van der Waals surface area contributed by atoms with E-state index in [9.17, 15) is 4.79 Å². The Morgan fingerprint density at radius 2 is 1.58 bits per heavy atom. The van der Waals surface area contributed by atoms with Gasteiger partial charge in [0.15, 0.2) is 0 Å². The van der Waals surface area contributed by atoms with Crippen LogP contribution in [0.15, 0.2) is 30.5 Å². The van der Waals surface area contributed by atoms with Crippen molar-refractivity contribution in [1.29, 1.82) is 0 Å². The molecule has 26 heavy (non-hydrogen) atoms. The molecule has 1 aromatic carbocycles. The van der Waals surface area contributed by atoms with E-state index in [1.807, 2.05) is 6.07 Å². The molecule has 0 spiro atoms. The molecule has 0 bridgehead atoms. The summed E-state index contributed by atoms with van der Waals surface area (Å²) in [6.07, 6.45) is 16.7. The van der Waals surface area contributed by atoms with Crippen LogP contribution in [0.25, 0.3) is 10.9 Å². The molecule has 0 saturated heterocycles. The van der Waals surface area contributed by atoms with Crippen LogP contribution >= 0.6 is 0 Å². The van der Waals surface area contributed by atoms with Crippen molar-refractivity contribution >= 4 is 16.8 Å². The Morgan fingerprint density at radius 3 is 2.31 bits per heavy atom. The first kappa shape index (κ1) is 20.5. The van der Waals surface area contributed by atoms with Crippen molar-refractivity contribution in [2.24, 2.45) is 0 Å². The number of hydrogen-bond donors (Lipinski definition) is 2. The topological polar surface area (TPSA) is 44.9 Å². The summed E-state index contributed by atoms with van der Waals surface area (Å²) in [5.74, 6) is 0.199. The number of H-pyrrole nitrogens is 1. The molecule has 2 N–H and O–H groups in total. The molecule has 0 fully saturated rings. The lowest BCUT2D eigenvalue weighted by molar-refractivity contribution is -0.121. The second kappa shape index (κ2) is 12.6. The number of nitrogens with one attached hydrogen (secondary N) is 2. The van der Waals surface area contributed by atoms with Gasteiger partial charge in [-0.25, -0.2) is 0 Å². The number of rotatable bonds is 14. The first-order chi connectivity index (χ1) is 12.8. The van der Waals surface area contributed by atoms with E-state index in [-0.39, 0.29) is 5.91 Å². The van der Waals surface area contributed by atoms with Crippen LogP contribution in [0.2, 0.25) is 0 Å². The number of benzene rings is 1. The van der Waals surface area contributed by atoms with Crippen molar-refractivity contribution in [2.75, 3.05) is 6.54 Å². The highest BCUT2D eigenvalue weighted by atomic mass is 16.1. The van der Waals surface area contributed by atoms with Crippen molar-refractivity contribution in [3.63, 3.8) is 0 Å². The third-order valence-electron chi connectivity index (χ3n) is 5.15. The van der Waals surface area contributed by atoms with Crippen LogP contribution in [0.3, 0.4) is 0 Å². The highest BCUT2D eigenvalue weighted by Crippen LogP contribution is 2.17. The summed E-state index contributed by atoms with van der Waals surface area (Å²) in [4.78, 5) is 15.2. The molecule has 144 valence electrons. The van der Waals surface area contributed by atoms with E-state index in [1.54, 1.807) is 0 Å². The smallest absolute Gasteiger partial charge is 0.220 e. The van der Waals surface area contributed by atoms with Crippen LogP contribution < -0.4 is 5.32 Å². The van der Waals surface area contributed by atoms with E-state index in [4.69, 9.17) is 0 Å². The summed E-state index contributed by atoms with van der Waals surface area (Å²) in [5, 5.41) is 4.32. The standard InChI is InChI=1S/C23H36N2O/c1-2-3-4-5-6-7-8-9-10-11-16-23(26)24-18-17-20-19-25-22-15-13-12-14-21(20)22/h12-15,19,25H,2-11,16-18H2,1H3,(H,24,26). The molecule has 2 rings (SSSR count). The van der Waals surface area contributed by atoms with Crippen molar-refractivity contribution in [3.8, 4) is 0 Å². The van der Waals surface area contributed by atoms with Crippen LogP contribution in [-0.4, -0.2) is 17.4 Å². The van der Waals surface area contributed by atoms with Gasteiger partial charge in [-0.1, -0.05) is 82.9 Å². The molecule has 0 aliphatic heterocycles. The SMILES string of the molecule is CCCCCCCCCCCCC(=O)NCCc1c[nH]c2ccccc12. The first-order valence-electron chi connectivity index (χ1n) is 10.6. The summed E-state index contributed by atoms with van der Waals surface area (Å²) in [5.41, 5.74) is 2.44. The van der Waals surface area contributed by atoms with Crippen LogP contribution in [0.4, 0.5) is 0 Å². The third kappa shape index (κ3) is 7.63. The minimum atomic E-state index is 0.199. The maximum atomic E-state index is 12.0. The molecule has 0 saturated carbocycles. The molecule has 1 aromatic heterocycles. The Kier molecular flexibility index (Phi) is 9.92. The van der Waals surface area contributed by atoms with Gasteiger partial charge in [0.1, 0.15) is 0 Å². The number of hydrogen-bond acceptors (Lipinski definition) is 1. The Hall–Kier alpha value is -1.77. The second-order valence-electron chi connectivity index (χ2n) is 7.39. The number of amides is 1. The molecule has 3 nitrogen and oxygen atoms in total. The molecule has 1 heterocycles. The minimum Gasteiger partial charge on any atom is -0.361 e. The monoisotopic (exact) mass is 356 g/mol. The largest absolute Gasteiger partial charge is 0.361 e. The van der Waals surface area contributed by atoms with E-state index in [2.05, 4.69) is 41.6 Å². The Labute approximate surface area is 159 Å². The normalized spacial score (nSPS) is 11.1. The maximum absolute atomic E-state index is 12.0. The molecule has 0 aliphatic carbocycles. The minimum absolute atomic E-state index is 0.199. The van der Waals surface area contributed by atoms with E-state index in [1.165, 1.54) is 74.3 Å². The van der Waals surface area contributed by atoms with E-state index in [0.29, 0.717) is 6.42 Å². The average molecular weight is 357 g/mol. The van der Waals surface area contributed by atoms with Crippen molar-refractivity contribution in [2.45, 2.75) is 84.0 Å². The van der Waals surface area contributed by atoms with E-state index >= 15 is 0 Å². The van der Waals surface area contributed by atoms with Gasteiger partial charge in [0.05, 0.1) is 0 Å². The zero-order valence-corrected chi connectivity index (χ0v) is 16.5. The zero-order chi connectivity index (χ0) is 18.5. The predicted octanol–water partition coefficient (Wildman–Crippen LogP) is 6.14. The van der Waals surface area contributed by atoms with Crippen LogP contribution in [0.5, 0.6) is 0 Å². The van der Waals surface area contributed by atoms with Gasteiger partial charge in [-0.05, 0) is 24.5 Å². The highest BCUT2D eigenvalue weighted by Gasteiger charge is 2.04. The molecule has 0 unspecified atom stereocenters. The maximum Gasteiger partial charge on any atom is 0.220 e. The van der Waals surface area contributed by atoms with Gasteiger partial charge < -0.3 is 10.3 Å². The van der Waals surface area contributed by atoms with Gasteiger partial charge in [-0.3, -0.25) is 4.79 Å². The van der Waals surface area contributed by atoms with Crippen molar-refractivity contribution < 1.29 is 4.79 Å². The lowest BCUT2D eigenvalue weighted by Gasteiger charge is -2.05. The lowest BCUT2D eigenvalue weighted by Crippen LogP contribution is -2.25. The van der Waals surface area contributed by atoms with Gasteiger partial charge in [-0.2, -0.15) is 0 Å².